The van der Waals surface area contributed by atoms with E-state index in [1.165, 1.54) is 16.9 Å². The first kappa shape index (κ1) is 21.8. The van der Waals surface area contributed by atoms with E-state index in [1.54, 1.807) is 26.2 Å². The van der Waals surface area contributed by atoms with Crippen molar-refractivity contribution in [1.29, 1.82) is 0 Å². The smallest absolute Gasteiger partial charge is 0.273 e. The van der Waals surface area contributed by atoms with E-state index in [4.69, 9.17) is 9.47 Å². The molecule has 1 heterocycles. The molecule has 0 unspecified atom stereocenters. The maximum absolute atomic E-state index is 12.8. The number of aromatic nitrogens is 1. The number of hydrogen-bond acceptors (Lipinski definition) is 5. The molecule has 2 aromatic carbocycles. The van der Waals surface area contributed by atoms with E-state index in [9.17, 15) is 4.79 Å². The Bertz CT molecular complexity index is 996. The summed E-state index contributed by atoms with van der Waals surface area (Å²) in [6.45, 7) is 4.93. The Morgan fingerprint density at radius 3 is 2.40 bits per heavy atom. The van der Waals surface area contributed by atoms with Gasteiger partial charge in [0.25, 0.3) is 5.91 Å². The van der Waals surface area contributed by atoms with Crippen LogP contribution in [0.2, 0.25) is 0 Å². The number of amides is 1. The number of ether oxygens (including phenoxy) is 2. The zero-order chi connectivity index (χ0) is 21.7. The zero-order valence-electron chi connectivity index (χ0n) is 18.1. The Balaban J connectivity index is 1.64. The maximum Gasteiger partial charge on any atom is 0.273 e. The highest BCUT2D eigenvalue weighted by Crippen LogP contribution is 2.28. The van der Waals surface area contributed by atoms with Gasteiger partial charge in [-0.3, -0.25) is 4.79 Å². The predicted molar refractivity (Wildman–Crippen MR) is 122 cm³/mol. The van der Waals surface area contributed by atoms with Gasteiger partial charge >= 0.3 is 0 Å². The van der Waals surface area contributed by atoms with E-state index in [2.05, 4.69) is 43.1 Å². The van der Waals surface area contributed by atoms with Crippen molar-refractivity contribution in [2.45, 2.75) is 26.2 Å². The molecule has 0 radical (unpaired) electrons. The van der Waals surface area contributed by atoms with Gasteiger partial charge in [0.15, 0.2) is 11.5 Å². The number of rotatable bonds is 8. The number of carbonyl (C=O) groups excluding carboxylic acids is 1. The van der Waals surface area contributed by atoms with Crippen LogP contribution in [0.3, 0.4) is 0 Å². The molecule has 0 aliphatic rings. The van der Waals surface area contributed by atoms with Gasteiger partial charge in [-0.2, -0.15) is 0 Å². The molecule has 0 spiro atoms. The molecule has 1 aromatic heterocycles. The molecule has 3 aromatic rings. The van der Waals surface area contributed by atoms with Gasteiger partial charge < -0.3 is 14.4 Å². The number of likely N-dealkylation sites (N-methyl/N-ethyl adjacent to an activating group) is 1. The summed E-state index contributed by atoms with van der Waals surface area (Å²) in [5.74, 6) is 1.81. The molecular formula is C24H28N2O3S. The second-order valence-corrected chi connectivity index (χ2v) is 8.34. The quantitative estimate of drug-likeness (QED) is 0.495. The summed E-state index contributed by atoms with van der Waals surface area (Å²) in [6, 6.07) is 14.2. The van der Waals surface area contributed by atoms with Crippen molar-refractivity contribution in [3.05, 3.63) is 64.7 Å². The molecular weight excluding hydrogens is 396 g/mol. The summed E-state index contributed by atoms with van der Waals surface area (Å²) in [4.78, 5) is 19.1. The van der Waals surface area contributed by atoms with Gasteiger partial charge in [0.05, 0.1) is 14.2 Å². The van der Waals surface area contributed by atoms with Gasteiger partial charge in [0.1, 0.15) is 10.7 Å². The fourth-order valence-electron chi connectivity index (χ4n) is 3.15. The average molecular weight is 425 g/mol. The van der Waals surface area contributed by atoms with Crippen molar-refractivity contribution >= 4 is 17.2 Å². The van der Waals surface area contributed by atoms with Crippen LogP contribution in [-0.2, 0) is 6.42 Å². The Morgan fingerprint density at radius 1 is 1.07 bits per heavy atom. The molecule has 0 atom stereocenters. The topological polar surface area (TPSA) is 51.7 Å². The van der Waals surface area contributed by atoms with Crippen molar-refractivity contribution < 1.29 is 14.3 Å². The SMILES string of the molecule is COc1ccc(CCN(C)C(=O)c2csc(-c3ccc(C(C)C)cc3)n2)cc1OC. The van der Waals surface area contributed by atoms with Gasteiger partial charge in [0, 0.05) is 24.5 Å². The molecule has 1 amide bonds. The van der Waals surface area contributed by atoms with Crippen LogP contribution in [0, 0.1) is 0 Å². The van der Waals surface area contributed by atoms with Crippen LogP contribution in [0.1, 0.15) is 41.4 Å². The lowest BCUT2D eigenvalue weighted by Crippen LogP contribution is -2.29. The molecule has 5 nitrogen and oxygen atoms in total. The minimum Gasteiger partial charge on any atom is -0.493 e. The summed E-state index contributed by atoms with van der Waals surface area (Å²) < 4.78 is 10.6. The molecule has 0 bridgehead atoms. The molecule has 158 valence electrons. The zero-order valence-corrected chi connectivity index (χ0v) is 19.0. The summed E-state index contributed by atoms with van der Waals surface area (Å²) in [7, 11) is 5.04. The highest BCUT2D eigenvalue weighted by Gasteiger charge is 2.16. The first-order chi connectivity index (χ1) is 14.4. The summed E-state index contributed by atoms with van der Waals surface area (Å²) in [5.41, 5.74) is 3.90. The molecule has 0 N–H and O–H groups in total. The van der Waals surface area contributed by atoms with E-state index in [-0.39, 0.29) is 5.91 Å². The fraction of sp³-hybridized carbons (Fsp3) is 0.333. The van der Waals surface area contributed by atoms with Crippen LogP contribution in [0.5, 0.6) is 11.5 Å². The van der Waals surface area contributed by atoms with Gasteiger partial charge in [0.2, 0.25) is 0 Å². The van der Waals surface area contributed by atoms with E-state index in [0.717, 1.165) is 22.6 Å². The Kier molecular flexibility index (Phi) is 7.11. The summed E-state index contributed by atoms with van der Waals surface area (Å²) in [5, 5.41) is 2.70. The van der Waals surface area contributed by atoms with E-state index >= 15 is 0 Å². The van der Waals surface area contributed by atoms with Crippen molar-refractivity contribution in [2.24, 2.45) is 0 Å². The van der Waals surface area contributed by atoms with Gasteiger partial charge in [-0.15, -0.1) is 11.3 Å². The first-order valence-electron chi connectivity index (χ1n) is 9.95. The summed E-state index contributed by atoms with van der Waals surface area (Å²) in [6.07, 6.45) is 0.719. The molecule has 0 aliphatic heterocycles. The normalized spacial score (nSPS) is 10.9. The number of carbonyl (C=O) groups is 1. The average Bonchev–Trinajstić information content (AvgIpc) is 3.27. The lowest BCUT2D eigenvalue weighted by molar-refractivity contribution is 0.0791. The monoisotopic (exact) mass is 424 g/mol. The van der Waals surface area contributed by atoms with Gasteiger partial charge in [-0.05, 0) is 35.6 Å². The Hall–Kier alpha value is -2.86. The summed E-state index contributed by atoms with van der Waals surface area (Å²) >= 11 is 1.50. The number of nitrogens with zero attached hydrogens (tertiary/aromatic N) is 2. The van der Waals surface area contributed by atoms with Crippen LogP contribution in [0.4, 0.5) is 0 Å². The van der Waals surface area contributed by atoms with Crippen molar-refractivity contribution in [3.63, 3.8) is 0 Å². The molecule has 0 aliphatic carbocycles. The molecule has 3 rings (SSSR count). The van der Waals surface area contributed by atoms with Crippen LogP contribution >= 0.6 is 11.3 Å². The van der Waals surface area contributed by atoms with E-state index in [1.807, 2.05) is 23.6 Å². The van der Waals surface area contributed by atoms with Crippen LogP contribution in [0.15, 0.2) is 47.8 Å². The third-order valence-corrected chi connectivity index (χ3v) is 5.97. The van der Waals surface area contributed by atoms with Crippen molar-refractivity contribution in [2.75, 3.05) is 27.8 Å². The lowest BCUT2D eigenvalue weighted by Gasteiger charge is -2.16. The lowest BCUT2D eigenvalue weighted by atomic mass is 10.0. The minimum atomic E-state index is -0.0724. The first-order valence-corrected chi connectivity index (χ1v) is 10.8. The van der Waals surface area contributed by atoms with Crippen molar-refractivity contribution in [1.82, 2.24) is 9.88 Å². The molecule has 30 heavy (non-hydrogen) atoms. The molecule has 0 saturated heterocycles. The predicted octanol–water partition coefficient (Wildman–Crippen LogP) is 5.27. The van der Waals surface area contributed by atoms with E-state index < -0.39 is 0 Å². The van der Waals surface area contributed by atoms with Crippen LogP contribution in [0.25, 0.3) is 10.6 Å². The largest absolute Gasteiger partial charge is 0.493 e. The molecule has 0 fully saturated rings. The van der Waals surface area contributed by atoms with E-state index in [0.29, 0.717) is 29.7 Å². The van der Waals surface area contributed by atoms with Crippen molar-refractivity contribution in [3.8, 4) is 22.1 Å². The standard InChI is InChI=1S/C24H28N2O3S/c1-16(2)18-7-9-19(10-8-18)23-25-20(15-30-23)24(27)26(3)13-12-17-6-11-21(28-4)22(14-17)29-5/h6-11,14-16H,12-13H2,1-5H3. The van der Waals surface area contributed by atoms with Gasteiger partial charge in [-0.25, -0.2) is 4.98 Å². The fourth-order valence-corrected chi connectivity index (χ4v) is 3.95. The third-order valence-electron chi connectivity index (χ3n) is 5.08. The Morgan fingerprint density at radius 2 is 1.77 bits per heavy atom. The molecule has 6 heteroatoms. The second-order valence-electron chi connectivity index (χ2n) is 7.48. The Labute approximate surface area is 182 Å². The highest BCUT2D eigenvalue weighted by atomic mass is 32.1. The van der Waals surface area contributed by atoms with Gasteiger partial charge in [-0.1, -0.05) is 44.2 Å². The number of thiazole rings is 1. The third kappa shape index (κ3) is 5.00. The van der Waals surface area contributed by atoms with Crippen LogP contribution < -0.4 is 9.47 Å². The number of benzene rings is 2. The minimum absolute atomic E-state index is 0.0724. The maximum atomic E-state index is 12.8. The number of hydrogen-bond donors (Lipinski definition) is 0. The van der Waals surface area contributed by atoms with Crippen LogP contribution in [-0.4, -0.2) is 43.6 Å². The second kappa shape index (κ2) is 9.76. The molecule has 0 saturated carbocycles. The number of methoxy groups -OCH3 is 2. The highest BCUT2D eigenvalue weighted by molar-refractivity contribution is 7.13.